The Hall–Kier alpha value is -1.42. The van der Waals surface area contributed by atoms with Crippen molar-refractivity contribution in [1.82, 2.24) is 0 Å². The molecule has 0 aliphatic heterocycles. The minimum absolute atomic E-state index is 0.0124. The molecule has 0 amide bonds. The molecule has 25 heavy (non-hydrogen) atoms. The number of Topliss-reactive ketones (excluding diaryl/α,β-unsaturated/α-hetero) is 2. The Morgan fingerprint density at radius 1 is 1.28 bits per heavy atom. The summed E-state index contributed by atoms with van der Waals surface area (Å²) >= 11 is 6.31. The van der Waals surface area contributed by atoms with Crippen LogP contribution in [0.2, 0.25) is 5.02 Å². The molecule has 138 valence electrons. The van der Waals surface area contributed by atoms with Crippen LogP contribution in [0, 0.1) is 11.2 Å². The fraction of sp³-hybridized carbons (Fsp3) is 0.600. The Morgan fingerprint density at radius 3 is 2.60 bits per heavy atom. The summed E-state index contributed by atoms with van der Waals surface area (Å²) in [6, 6.07) is 1.24. The SMILES string of the molecule is CCCCC1(CCC(=O)CCC)Cc2c(cc(F)c(OC)c2Cl)C1=O. The van der Waals surface area contributed by atoms with Gasteiger partial charge >= 0.3 is 0 Å². The lowest BCUT2D eigenvalue weighted by Crippen LogP contribution is -2.29. The number of hydrogen-bond acceptors (Lipinski definition) is 3. The van der Waals surface area contributed by atoms with Crippen LogP contribution in [0.25, 0.3) is 0 Å². The Morgan fingerprint density at radius 2 is 2.00 bits per heavy atom. The summed E-state index contributed by atoms with van der Waals surface area (Å²) in [5, 5.41) is 0.184. The van der Waals surface area contributed by atoms with E-state index >= 15 is 0 Å². The maximum atomic E-state index is 14.2. The van der Waals surface area contributed by atoms with Crippen molar-refractivity contribution in [3.05, 3.63) is 28.0 Å². The average molecular weight is 369 g/mol. The molecule has 1 unspecified atom stereocenters. The van der Waals surface area contributed by atoms with Crippen molar-refractivity contribution in [1.29, 1.82) is 0 Å². The van der Waals surface area contributed by atoms with Crippen molar-refractivity contribution in [2.24, 2.45) is 5.41 Å². The molecule has 0 fully saturated rings. The predicted molar refractivity (Wildman–Crippen MR) is 97.1 cm³/mol. The van der Waals surface area contributed by atoms with Gasteiger partial charge in [-0.2, -0.15) is 0 Å². The lowest BCUT2D eigenvalue weighted by molar-refractivity contribution is -0.119. The van der Waals surface area contributed by atoms with Gasteiger partial charge in [-0.3, -0.25) is 9.59 Å². The third kappa shape index (κ3) is 3.89. The van der Waals surface area contributed by atoms with Gasteiger partial charge in [-0.15, -0.1) is 0 Å². The Bertz CT molecular complexity index is 671. The highest BCUT2D eigenvalue weighted by atomic mass is 35.5. The fourth-order valence-corrected chi connectivity index (χ4v) is 4.07. The van der Waals surface area contributed by atoms with E-state index in [0.29, 0.717) is 43.2 Å². The lowest BCUT2D eigenvalue weighted by Gasteiger charge is -2.27. The van der Waals surface area contributed by atoms with E-state index in [1.54, 1.807) is 0 Å². The number of unbranched alkanes of at least 4 members (excludes halogenated alkanes) is 1. The van der Waals surface area contributed by atoms with Crippen LogP contribution in [0.3, 0.4) is 0 Å². The number of carbonyl (C=O) groups is 2. The van der Waals surface area contributed by atoms with E-state index in [2.05, 4.69) is 6.92 Å². The van der Waals surface area contributed by atoms with Gasteiger partial charge in [-0.25, -0.2) is 4.39 Å². The highest BCUT2D eigenvalue weighted by molar-refractivity contribution is 6.34. The van der Waals surface area contributed by atoms with Crippen molar-refractivity contribution in [2.75, 3.05) is 7.11 Å². The van der Waals surface area contributed by atoms with Crippen molar-refractivity contribution in [2.45, 2.75) is 65.2 Å². The van der Waals surface area contributed by atoms with Crippen molar-refractivity contribution >= 4 is 23.2 Å². The molecule has 0 heterocycles. The van der Waals surface area contributed by atoms with E-state index in [9.17, 15) is 14.0 Å². The van der Waals surface area contributed by atoms with Gasteiger partial charge in [0.1, 0.15) is 5.78 Å². The largest absolute Gasteiger partial charge is 0.492 e. The van der Waals surface area contributed by atoms with E-state index in [0.717, 1.165) is 19.3 Å². The van der Waals surface area contributed by atoms with Crippen molar-refractivity contribution in [3.8, 4) is 5.75 Å². The molecule has 0 spiro atoms. The number of ether oxygens (including phenoxy) is 1. The summed E-state index contributed by atoms with van der Waals surface area (Å²) in [4.78, 5) is 25.1. The zero-order valence-electron chi connectivity index (χ0n) is 15.2. The molecule has 0 radical (unpaired) electrons. The first-order valence-electron chi connectivity index (χ1n) is 9.01. The van der Waals surface area contributed by atoms with Crippen molar-refractivity contribution < 1.29 is 18.7 Å². The first kappa shape index (κ1) is 19.9. The monoisotopic (exact) mass is 368 g/mol. The van der Waals surface area contributed by atoms with Crippen LogP contribution in [0.4, 0.5) is 4.39 Å². The van der Waals surface area contributed by atoms with E-state index in [4.69, 9.17) is 16.3 Å². The fourth-order valence-electron chi connectivity index (χ4n) is 3.73. The number of benzene rings is 1. The molecule has 3 nitrogen and oxygen atoms in total. The second kappa shape index (κ2) is 8.31. The first-order chi connectivity index (χ1) is 11.9. The Labute approximate surface area is 153 Å². The minimum Gasteiger partial charge on any atom is -0.492 e. The number of ketones is 2. The maximum absolute atomic E-state index is 14.2. The van der Waals surface area contributed by atoms with Crippen LogP contribution in [-0.2, 0) is 11.2 Å². The average Bonchev–Trinajstić information content (AvgIpc) is 2.86. The molecule has 5 heteroatoms. The zero-order valence-corrected chi connectivity index (χ0v) is 16.0. The molecular weight excluding hydrogens is 343 g/mol. The third-order valence-corrected chi connectivity index (χ3v) is 5.54. The van der Waals surface area contributed by atoms with Crippen LogP contribution < -0.4 is 4.74 Å². The Balaban J connectivity index is 2.36. The van der Waals surface area contributed by atoms with Gasteiger partial charge in [0, 0.05) is 23.8 Å². The van der Waals surface area contributed by atoms with Gasteiger partial charge in [0.15, 0.2) is 17.3 Å². The first-order valence-corrected chi connectivity index (χ1v) is 9.39. The van der Waals surface area contributed by atoms with Gasteiger partial charge in [0.05, 0.1) is 12.1 Å². The number of carbonyl (C=O) groups excluding carboxylic acids is 2. The molecule has 1 aliphatic carbocycles. The quantitative estimate of drug-likeness (QED) is 0.573. The number of hydrogen-bond donors (Lipinski definition) is 0. The van der Waals surface area contributed by atoms with Gasteiger partial charge in [-0.1, -0.05) is 38.3 Å². The number of fused-ring (bicyclic) bond motifs is 1. The summed E-state index contributed by atoms with van der Waals surface area (Å²) in [6.07, 6.45) is 5.22. The molecule has 1 aromatic rings. The number of rotatable bonds is 9. The highest BCUT2D eigenvalue weighted by Gasteiger charge is 2.46. The maximum Gasteiger partial charge on any atom is 0.173 e. The summed E-state index contributed by atoms with van der Waals surface area (Å²) in [6.45, 7) is 4.04. The van der Waals surface area contributed by atoms with E-state index < -0.39 is 11.2 Å². The molecule has 0 bridgehead atoms. The van der Waals surface area contributed by atoms with Crippen molar-refractivity contribution in [3.63, 3.8) is 0 Å². The summed E-state index contributed by atoms with van der Waals surface area (Å²) in [7, 11) is 1.36. The van der Waals surface area contributed by atoms with Crippen LogP contribution in [0.1, 0.15) is 74.7 Å². The van der Waals surface area contributed by atoms with Gasteiger partial charge in [0.2, 0.25) is 0 Å². The summed E-state index contributed by atoms with van der Waals surface area (Å²) < 4.78 is 19.2. The molecule has 1 atom stereocenters. The molecule has 0 aromatic heterocycles. The van der Waals surface area contributed by atoms with Crippen LogP contribution in [0.15, 0.2) is 6.07 Å². The minimum atomic E-state index is -0.649. The highest BCUT2D eigenvalue weighted by Crippen LogP contribution is 2.49. The normalized spacial score (nSPS) is 19.2. The molecular formula is C20H26ClFO3. The van der Waals surface area contributed by atoms with Crippen LogP contribution >= 0.6 is 11.6 Å². The summed E-state index contributed by atoms with van der Waals surface area (Å²) in [5.41, 5.74) is 0.357. The molecule has 1 aliphatic rings. The summed E-state index contributed by atoms with van der Waals surface area (Å²) in [5.74, 6) is -0.532. The second-order valence-corrected chi connectivity index (χ2v) is 7.29. The topological polar surface area (TPSA) is 43.4 Å². The standard InChI is InChI=1S/C20H26ClFO3/c1-4-6-9-20(10-8-13(23)7-5-2)12-15-14(19(20)24)11-16(22)18(25-3)17(15)21/h11H,4-10,12H2,1-3H3. The van der Waals surface area contributed by atoms with Crippen LogP contribution in [-0.4, -0.2) is 18.7 Å². The number of methoxy groups -OCH3 is 1. The predicted octanol–water partition coefficient (Wildman–Crippen LogP) is 5.55. The smallest absolute Gasteiger partial charge is 0.173 e. The van der Waals surface area contributed by atoms with Gasteiger partial charge in [0.25, 0.3) is 0 Å². The molecule has 0 N–H and O–H groups in total. The van der Waals surface area contributed by atoms with Gasteiger partial charge < -0.3 is 4.74 Å². The lowest BCUT2D eigenvalue weighted by atomic mass is 9.74. The second-order valence-electron chi connectivity index (χ2n) is 6.91. The van der Waals surface area contributed by atoms with Crippen LogP contribution in [0.5, 0.6) is 5.75 Å². The van der Waals surface area contributed by atoms with Gasteiger partial charge in [-0.05, 0) is 37.3 Å². The molecule has 2 rings (SSSR count). The molecule has 1 aromatic carbocycles. The van der Waals surface area contributed by atoms with E-state index in [-0.39, 0.29) is 22.3 Å². The zero-order chi connectivity index (χ0) is 18.6. The Kier molecular flexibility index (Phi) is 6.61. The van der Waals surface area contributed by atoms with E-state index in [1.807, 2.05) is 6.92 Å². The van der Waals surface area contributed by atoms with E-state index in [1.165, 1.54) is 13.2 Å². The number of halogens is 2. The molecule has 0 saturated carbocycles. The third-order valence-electron chi connectivity index (χ3n) is 5.14. The molecule has 0 saturated heterocycles.